The van der Waals surface area contributed by atoms with Crippen LogP contribution in [0.5, 0.6) is 0 Å². The Morgan fingerprint density at radius 3 is 2.55 bits per heavy atom. The summed E-state index contributed by atoms with van der Waals surface area (Å²) in [7, 11) is 0. The lowest BCUT2D eigenvalue weighted by Crippen LogP contribution is -2.66. The van der Waals surface area contributed by atoms with Crippen molar-refractivity contribution in [3.63, 3.8) is 0 Å². The number of nitrogens with zero attached hydrogens (tertiary/aromatic N) is 1. The molecule has 0 bridgehead atoms. The maximum atomic E-state index is 12.2. The second-order valence-electron chi connectivity index (χ2n) is 5.94. The average molecular weight is 285 g/mol. The lowest BCUT2D eigenvalue weighted by Gasteiger charge is -2.41. The van der Waals surface area contributed by atoms with Gasteiger partial charge in [0.2, 0.25) is 5.91 Å². The predicted molar refractivity (Wildman–Crippen MR) is 73.2 cm³/mol. The number of rotatable bonds is 4. The molecule has 1 unspecified atom stereocenters. The van der Waals surface area contributed by atoms with Gasteiger partial charge in [-0.1, -0.05) is 13.8 Å². The van der Waals surface area contributed by atoms with E-state index in [2.05, 4.69) is 10.6 Å². The first kappa shape index (κ1) is 16.3. The molecule has 0 saturated carbocycles. The van der Waals surface area contributed by atoms with Crippen molar-refractivity contribution >= 4 is 17.9 Å². The van der Waals surface area contributed by atoms with Gasteiger partial charge in [0, 0.05) is 13.1 Å². The Bertz CT molecular complexity index is 406. The number of urea groups is 1. The Balaban J connectivity index is 2.78. The molecule has 20 heavy (non-hydrogen) atoms. The van der Waals surface area contributed by atoms with Gasteiger partial charge in [-0.25, -0.2) is 9.59 Å². The van der Waals surface area contributed by atoms with Crippen molar-refractivity contribution in [1.82, 2.24) is 15.5 Å². The minimum absolute atomic E-state index is 0.147. The molecule has 3 N–H and O–H groups in total. The van der Waals surface area contributed by atoms with Crippen LogP contribution in [0.15, 0.2) is 0 Å². The highest BCUT2D eigenvalue weighted by atomic mass is 16.4. The van der Waals surface area contributed by atoms with Gasteiger partial charge in [-0.2, -0.15) is 0 Å². The van der Waals surface area contributed by atoms with Crippen molar-refractivity contribution in [2.45, 2.75) is 45.7 Å². The zero-order valence-corrected chi connectivity index (χ0v) is 12.4. The summed E-state index contributed by atoms with van der Waals surface area (Å²) in [6.07, 6.45) is 0.349. The molecular formula is C13H23N3O4. The third-order valence-corrected chi connectivity index (χ3v) is 3.40. The average Bonchev–Trinajstić information content (AvgIpc) is 2.30. The quantitative estimate of drug-likeness (QED) is 0.696. The summed E-state index contributed by atoms with van der Waals surface area (Å²) in [5.41, 5.74) is -0.983. The van der Waals surface area contributed by atoms with Gasteiger partial charge in [0.05, 0.1) is 0 Å². The van der Waals surface area contributed by atoms with Crippen LogP contribution in [0, 0.1) is 5.92 Å². The van der Waals surface area contributed by atoms with Gasteiger partial charge in [0.25, 0.3) is 0 Å². The maximum absolute atomic E-state index is 12.2. The van der Waals surface area contributed by atoms with Gasteiger partial charge < -0.3 is 20.6 Å². The fourth-order valence-corrected chi connectivity index (χ4v) is 2.17. The van der Waals surface area contributed by atoms with Crippen molar-refractivity contribution in [2.24, 2.45) is 5.92 Å². The second-order valence-corrected chi connectivity index (χ2v) is 5.94. The van der Waals surface area contributed by atoms with Crippen LogP contribution in [-0.2, 0) is 9.59 Å². The van der Waals surface area contributed by atoms with E-state index in [1.54, 1.807) is 13.8 Å². The highest BCUT2D eigenvalue weighted by molar-refractivity contribution is 5.92. The highest BCUT2D eigenvalue weighted by Gasteiger charge is 2.41. The summed E-state index contributed by atoms with van der Waals surface area (Å²) < 4.78 is 0. The Kier molecular flexibility index (Phi) is 4.97. The van der Waals surface area contributed by atoms with Crippen LogP contribution < -0.4 is 10.6 Å². The van der Waals surface area contributed by atoms with Gasteiger partial charge in [-0.05, 0) is 26.2 Å². The smallest absolute Gasteiger partial charge is 0.326 e. The van der Waals surface area contributed by atoms with Crippen molar-refractivity contribution in [2.75, 3.05) is 13.1 Å². The third-order valence-electron chi connectivity index (χ3n) is 3.40. The summed E-state index contributed by atoms with van der Waals surface area (Å²) in [4.78, 5) is 36.5. The van der Waals surface area contributed by atoms with Gasteiger partial charge in [-0.3, -0.25) is 4.79 Å². The summed E-state index contributed by atoms with van der Waals surface area (Å²) >= 11 is 0. The summed E-state index contributed by atoms with van der Waals surface area (Å²) in [5, 5.41) is 14.3. The first-order valence-electron chi connectivity index (χ1n) is 6.75. The molecule has 1 saturated heterocycles. The summed E-state index contributed by atoms with van der Waals surface area (Å²) in [5.74, 6) is -1.16. The molecule has 0 spiro atoms. The van der Waals surface area contributed by atoms with Crippen LogP contribution in [0.2, 0.25) is 0 Å². The van der Waals surface area contributed by atoms with E-state index in [0.717, 1.165) is 0 Å². The van der Waals surface area contributed by atoms with Crippen LogP contribution in [0.3, 0.4) is 0 Å². The van der Waals surface area contributed by atoms with E-state index in [-0.39, 0.29) is 11.8 Å². The minimum atomic E-state index is -1.06. The Labute approximate surface area is 118 Å². The van der Waals surface area contributed by atoms with Crippen LogP contribution >= 0.6 is 0 Å². The van der Waals surface area contributed by atoms with E-state index < -0.39 is 23.6 Å². The van der Waals surface area contributed by atoms with Gasteiger partial charge in [-0.15, -0.1) is 0 Å². The molecule has 3 amide bonds. The molecular weight excluding hydrogens is 262 g/mol. The Morgan fingerprint density at radius 2 is 2.05 bits per heavy atom. The molecule has 1 fully saturated rings. The molecule has 114 valence electrons. The number of carbonyl (C=O) groups is 3. The second kappa shape index (κ2) is 6.11. The standard InChI is InChI=1S/C13H23N3O4/c1-8(2)7-9(10(17)18)15-12(20)16-6-5-14-11(19)13(16,3)4/h8-9H,5-7H2,1-4H3,(H,14,19)(H,15,20)(H,17,18). The highest BCUT2D eigenvalue weighted by Crippen LogP contribution is 2.18. The molecule has 0 aromatic rings. The van der Waals surface area contributed by atoms with E-state index in [9.17, 15) is 14.4 Å². The zero-order chi connectivity index (χ0) is 15.5. The largest absolute Gasteiger partial charge is 0.480 e. The molecule has 1 rings (SSSR count). The fourth-order valence-electron chi connectivity index (χ4n) is 2.17. The molecule has 1 aliphatic heterocycles. The topological polar surface area (TPSA) is 98.7 Å². The first-order chi connectivity index (χ1) is 9.16. The van der Waals surface area contributed by atoms with Gasteiger partial charge in [0.15, 0.2) is 0 Å². The van der Waals surface area contributed by atoms with Crippen LogP contribution in [0.4, 0.5) is 4.79 Å². The minimum Gasteiger partial charge on any atom is -0.480 e. The van der Waals surface area contributed by atoms with Crippen molar-refractivity contribution in [3.05, 3.63) is 0 Å². The molecule has 1 aliphatic rings. The number of hydrogen-bond donors (Lipinski definition) is 3. The van der Waals surface area contributed by atoms with E-state index >= 15 is 0 Å². The number of carbonyl (C=O) groups excluding carboxylic acids is 2. The monoisotopic (exact) mass is 285 g/mol. The number of carboxylic acids is 1. The number of piperazine rings is 1. The lowest BCUT2D eigenvalue weighted by atomic mass is 9.99. The van der Waals surface area contributed by atoms with Crippen LogP contribution in [-0.4, -0.2) is 52.6 Å². The molecule has 0 aromatic carbocycles. The zero-order valence-electron chi connectivity index (χ0n) is 12.4. The van der Waals surface area contributed by atoms with Crippen molar-refractivity contribution in [3.8, 4) is 0 Å². The Hall–Kier alpha value is -1.79. The number of carboxylic acid groups (broad SMARTS) is 1. The molecule has 1 heterocycles. The number of aliphatic carboxylic acids is 1. The summed E-state index contributed by atoms with van der Waals surface area (Å²) in [6, 6.07) is -1.46. The van der Waals surface area contributed by atoms with Gasteiger partial charge >= 0.3 is 12.0 Å². The molecule has 0 aromatic heterocycles. The third kappa shape index (κ3) is 3.61. The van der Waals surface area contributed by atoms with E-state index in [1.165, 1.54) is 4.90 Å². The fraction of sp³-hybridized carbons (Fsp3) is 0.769. The molecule has 0 aliphatic carbocycles. The molecule has 7 heteroatoms. The van der Waals surface area contributed by atoms with E-state index in [4.69, 9.17) is 5.11 Å². The van der Waals surface area contributed by atoms with E-state index in [0.29, 0.717) is 19.5 Å². The number of amides is 3. The first-order valence-corrected chi connectivity index (χ1v) is 6.75. The predicted octanol–water partition coefficient (Wildman–Crippen LogP) is 0.406. The number of hydrogen-bond acceptors (Lipinski definition) is 3. The molecule has 7 nitrogen and oxygen atoms in total. The van der Waals surface area contributed by atoms with Crippen molar-refractivity contribution in [1.29, 1.82) is 0 Å². The maximum Gasteiger partial charge on any atom is 0.326 e. The Morgan fingerprint density at radius 1 is 1.45 bits per heavy atom. The van der Waals surface area contributed by atoms with Crippen LogP contribution in [0.25, 0.3) is 0 Å². The summed E-state index contributed by atoms with van der Waals surface area (Å²) in [6.45, 7) is 7.79. The van der Waals surface area contributed by atoms with Crippen LogP contribution in [0.1, 0.15) is 34.1 Å². The van der Waals surface area contributed by atoms with Gasteiger partial charge in [0.1, 0.15) is 11.6 Å². The molecule has 0 radical (unpaired) electrons. The van der Waals surface area contributed by atoms with E-state index in [1.807, 2.05) is 13.8 Å². The lowest BCUT2D eigenvalue weighted by molar-refractivity contribution is -0.139. The normalized spacial score (nSPS) is 19.4. The SMILES string of the molecule is CC(C)CC(NC(=O)N1CCNC(=O)C1(C)C)C(=O)O. The molecule has 1 atom stereocenters. The number of nitrogens with one attached hydrogen (secondary N) is 2. The van der Waals surface area contributed by atoms with Crippen molar-refractivity contribution < 1.29 is 19.5 Å².